The van der Waals surface area contributed by atoms with Gasteiger partial charge in [-0.15, -0.1) is 0 Å². The van der Waals surface area contributed by atoms with Crippen molar-refractivity contribution in [1.29, 1.82) is 0 Å². The lowest BCUT2D eigenvalue weighted by molar-refractivity contribution is -0.136. The van der Waals surface area contributed by atoms with E-state index >= 15 is 0 Å². The highest BCUT2D eigenvalue weighted by Crippen LogP contribution is 2.59. The molecule has 4 heterocycles. The molecule has 2 aromatic heterocycles. The Morgan fingerprint density at radius 1 is 0.613 bits per heavy atom. The molecule has 14 heteroatoms. The first-order valence-electron chi connectivity index (χ1n) is 21.8. The second kappa shape index (κ2) is 15.9. The number of aromatic amines is 2. The molecule has 3 aromatic carbocycles. The average Bonchev–Trinajstić information content (AvgIpc) is 3.85. The van der Waals surface area contributed by atoms with Crippen LogP contribution in [0.1, 0.15) is 90.0 Å². The fourth-order valence-corrected chi connectivity index (χ4v) is 9.64. The second-order valence-electron chi connectivity index (χ2n) is 18.8. The van der Waals surface area contributed by atoms with Gasteiger partial charge in [0.15, 0.2) is 0 Å². The number of ether oxygens (including phenoxy) is 2. The third kappa shape index (κ3) is 7.91. The molecular weight excluding hydrogens is 785 g/mol. The maximum atomic E-state index is 13.9. The van der Waals surface area contributed by atoms with E-state index in [9.17, 15) is 19.2 Å². The van der Waals surface area contributed by atoms with Gasteiger partial charge in [0.2, 0.25) is 11.8 Å². The molecule has 2 aliphatic heterocycles. The van der Waals surface area contributed by atoms with Gasteiger partial charge in [0.05, 0.1) is 50.1 Å². The number of aromatic nitrogens is 4. The first-order chi connectivity index (χ1) is 29.8. The van der Waals surface area contributed by atoms with Crippen molar-refractivity contribution in [2.24, 2.45) is 22.7 Å². The van der Waals surface area contributed by atoms with Gasteiger partial charge in [-0.05, 0) is 101 Å². The summed E-state index contributed by atoms with van der Waals surface area (Å²) in [7, 11) is 2.61. The lowest BCUT2D eigenvalue weighted by Crippen LogP contribution is -2.51. The van der Waals surface area contributed by atoms with Crippen LogP contribution in [-0.2, 0) is 19.1 Å². The number of imidazole rings is 2. The molecule has 62 heavy (non-hydrogen) atoms. The van der Waals surface area contributed by atoms with Crippen LogP contribution < -0.4 is 10.6 Å². The Hall–Kier alpha value is -6.18. The topological polar surface area (TPSA) is 175 Å². The van der Waals surface area contributed by atoms with Crippen LogP contribution in [0.3, 0.4) is 0 Å². The predicted octanol–water partition coefficient (Wildman–Crippen LogP) is 8.16. The minimum absolute atomic E-state index is 0.104. The Labute approximate surface area is 361 Å². The van der Waals surface area contributed by atoms with Crippen LogP contribution in [0.15, 0.2) is 73.1 Å². The molecule has 2 spiro atoms. The fourth-order valence-electron chi connectivity index (χ4n) is 9.64. The monoisotopic (exact) mass is 840 g/mol. The normalized spacial score (nSPS) is 20.5. The number of nitrogens with zero attached hydrogens (tertiary/aromatic N) is 4. The molecule has 5 aromatic rings. The third-order valence-corrected chi connectivity index (χ3v) is 13.8. The van der Waals surface area contributed by atoms with Crippen molar-refractivity contribution in [2.75, 3.05) is 27.3 Å². The summed E-state index contributed by atoms with van der Waals surface area (Å²) in [6.07, 6.45) is 8.51. The van der Waals surface area contributed by atoms with Crippen LogP contribution in [0.5, 0.6) is 0 Å². The van der Waals surface area contributed by atoms with Gasteiger partial charge in [0.1, 0.15) is 23.7 Å². The average molecular weight is 841 g/mol. The number of amides is 4. The number of benzene rings is 3. The van der Waals surface area contributed by atoms with Gasteiger partial charge in [-0.1, -0.05) is 76.2 Å². The number of H-pyrrole nitrogens is 2. The lowest BCUT2D eigenvalue weighted by atomic mass is 9.98. The summed E-state index contributed by atoms with van der Waals surface area (Å²) in [4.78, 5) is 72.5. The molecule has 2 saturated heterocycles. The minimum atomic E-state index is -0.687. The number of likely N-dealkylation sites (tertiary alicyclic amines) is 2. The maximum Gasteiger partial charge on any atom is 0.407 e. The number of hydrogen-bond acceptors (Lipinski definition) is 8. The molecule has 2 aliphatic carbocycles. The Morgan fingerprint density at radius 3 is 1.45 bits per heavy atom. The van der Waals surface area contributed by atoms with E-state index in [1.807, 2.05) is 49.9 Å². The highest BCUT2D eigenvalue weighted by Gasteiger charge is 2.56. The summed E-state index contributed by atoms with van der Waals surface area (Å²) < 4.78 is 9.65. The molecule has 324 valence electrons. The summed E-state index contributed by atoms with van der Waals surface area (Å²) in [6, 6.07) is 19.5. The number of methoxy groups -OCH3 is 2. The molecule has 2 saturated carbocycles. The Kier molecular flexibility index (Phi) is 10.6. The number of rotatable bonds is 11. The molecule has 0 bridgehead atoms. The van der Waals surface area contributed by atoms with Crippen LogP contribution >= 0.6 is 0 Å². The van der Waals surface area contributed by atoms with Gasteiger partial charge in [-0.25, -0.2) is 19.6 Å². The molecular formula is C48H56N8O6. The molecule has 4 N–H and O–H groups in total. The number of fused-ring (bicyclic) bond motifs is 1. The zero-order chi connectivity index (χ0) is 43.5. The molecule has 4 fully saturated rings. The zero-order valence-electron chi connectivity index (χ0n) is 36.3. The van der Waals surface area contributed by atoms with Crippen molar-refractivity contribution in [2.45, 2.75) is 90.4 Å². The first-order valence-corrected chi connectivity index (χ1v) is 21.8. The van der Waals surface area contributed by atoms with E-state index in [1.165, 1.54) is 14.2 Å². The van der Waals surface area contributed by atoms with Crippen molar-refractivity contribution in [3.8, 4) is 33.6 Å². The Balaban J connectivity index is 0.890. The van der Waals surface area contributed by atoms with E-state index in [1.54, 1.807) is 0 Å². The zero-order valence-corrected chi connectivity index (χ0v) is 36.3. The van der Waals surface area contributed by atoms with Crippen LogP contribution in [0.4, 0.5) is 9.59 Å². The number of hydrogen-bond donors (Lipinski definition) is 4. The summed E-state index contributed by atoms with van der Waals surface area (Å²) in [5.41, 5.74) is 6.20. The highest BCUT2D eigenvalue weighted by molar-refractivity contribution is 5.91. The van der Waals surface area contributed by atoms with Gasteiger partial charge in [-0.2, -0.15) is 0 Å². The van der Waals surface area contributed by atoms with Crippen LogP contribution in [0.25, 0.3) is 44.4 Å². The van der Waals surface area contributed by atoms with E-state index < -0.39 is 24.3 Å². The van der Waals surface area contributed by atoms with E-state index in [4.69, 9.17) is 19.4 Å². The van der Waals surface area contributed by atoms with E-state index in [-0.39, 0.29) is 46.6 Å². The Morgan fingerprint density at radius 2 is 1.02 bits per heavy atom. The highest BCUT2D eigenvalue weighted by atomic mass is 16.5. The molecule has 9 rings (SSSR count). The molecule has 4 atom stereocenters. The summed E-state index contributed by atoms with van der Waals surface area (Å²) >= 11 is 0. The van der Waals surface area contributed by atoms with Gasteiger partial charge >= 0.3 is 12.2 Å². The first kappa shape index (κ1) is 41.2. The molecule has 4 aliphatic rings. The third-order valence-electron chi connectivity index (χ3n) is 13.8. The molecule has 14 nitrogen and oxygen atoms in total. The molecule has 0 unspecified atom stereocenters. The van der Waals surface area contributed by atoms with Crippen molar-refractivity contribution in [1.82, 2.24) is 40.4 Å². The van der Waals surface area contributed by atoms with Gasteiger partial charge in [-0.3, -0.25) is 9.59 Å². The van der Waals surface area contributed by atoms with Gasteiger partial charge < -0.3 is 39.9 Å². The minimum Gasteiger partial charge on any atom is -0.453 e. The van der Waals surface area contributed by atoms with Crippen molar-refractivity contribution in [3.05, 3.63) is 84.7 Å². The second-order valence-corrected chi connectivity index (χ2v) is 18.8. The molecule has 4 amide bonds. The van der Waals surface area contributed by atoms with Gasteiger partial charge in [0.25, 0.3) is 0 Å². The van der Waals surface area contributed by atoms with E-state index in [0.717, 1.165) is 94.6 Å². The van der Waals surface area contributed by atoms with E-state index in [0.29, 0.717) is 13.1 Å². The van der Waals surface area contributed by atoms with Crippen LogP contribution in [0.2, 0.25) is 0 Å². The standard InChI is InChI=1S/C48H56N8O6/c1-27(2)39(53-45(59)61-5)43(57)55-25-47(15-16-47)21-37(55)41-49-23-35(51-41)30-9-7-29(8-10-30)31-11-12-33-20-34(14-13-32(33)19-31)36-24-50-42(52-36)38-22-48(17-18-48)26-56(38)44(58)40(28(3)4)54-46(60)62-6/h7-14,19-20,23-24,27-28,37-40H,15-18,21-22,25-26H2,1-6H3,(H,49,51)(H,50,52)(H,53,59)(H,54,60)/t37-,38-,39-,40-/m0/s1. The molecule has 0 radical (unpaired) electrons. The number of carbonyl (C=O) groups is 4. The summed E-state index contributed by atoms with van der Waals surface area (Å²) in [5.74, 6) is 1.09. The summed E-state index contributed by atoms with van der Waals surface area (Å²) in [6.45, 7) is 9.02. The summed E-state index contributed by atoms with van der Waals surface area (Å²) in [5, 5.41) is 7.71. The lowest BCUT2D eigenvalue weighted by Gasteiger charge is -2.30. The number of nitrogens with one attached hydrogen (secondary N) is 4. The van der Waals surface area contributed by atoms with Crippen molar-refractivity contribution in [3.63, 3.8) is 0 Å². The largest absolute Gasteiger partial charge is 0.453 e. The quantitative estimate of drug-likeness (QED) is 0.103. The van der Waals surface area contributed by atoms with Crippen LogP contribution in [0, 0.1) is 22.7 Å². The SMILES string of the molecule is COC(=O)N[C@H](C(=O)N1CC2(CC2)C[C@H]1c1ncc(-c2ccc(-c3ccc4cc(-c5cnc([C@@H]6CC7(CC7)CN6C(=O)[C@@H](NC(=O)OC)C(C)C)[nH]5)ccc4c3)cc2)[nH]1)C(C)C. The van der Waals surface area contributed by atoms with Crippen molar-refractivity contribution >= 4 is 34.8 Å². The van der Waals surface area contributed by atoms with Crippen LogP contribution in [-0.4, -0.2) is 93.1 Å². The number of carbonyl (C=O) groups excluding carboxylic acids is 4. The maximum absolute atomic E-state index is 13.9. The Bertz CT molecular complexity index is 2520. The smallest absolute Gasteiger partial charge is 0.407 e. The predicted molar refractivity (Wildman–Crippen MR) is 234 cm³/mol. The van der Waals surface area contributed by atoms with E-state index in [2.05, 4.69) is 81.3 Å². The number of alkyl carbamates (subject to hydrolysis) is 2. The van der Waals surface area contributed by atoms with Crippen molar-refractivity contribution < 1.29 is 28.7 Å². The van der Waals surface area contributed by atoms with Gasteiger partial charge in [0, 0.05) is 18.7 Å². The fraction of sp³-hybridized carbons (Fsp3) is 0.458.